The lowest BCUT2D eigenvalue weighted by Gasteiger charge is -2.61. The third kappa shape index (κ3) is 3.58. The molecule has 4 fully saturated rings. The molecule has 5 aliphatic rings. The van der Waals surface area contributed by atoms with Crippen LogP contribution in [0.2, 0.25) is 0 Å². The molecule has 1 spiro atoms. The van der Waals surface area contributed by atoms with E-state index in [2.05, 4.69) is 155 Å². The highest BCUT2D eigenvalue weighted by Gasteiger charge is 2.61. The largest absolute Gasteiger partial charge is 0.310 e. The zero-order valence-corrected chi connectivity index (χ0v) is 27.1. The van der Waals surface area contributed by atoms with E-state index in [1.54, 1.807) is 11.1 Å². The average Bonchev–Trinajstić information content (AvgIpc) is 3.62. The number of anilines is 3. The molecular weight excluding hydrogens is 581 g/mol. The maximum atomic E-state index is 2.61. The summed E-state index contributed by atoms with van der Waals surface area (Å²) in [4.78, 5) is 2.50. The summed E-state index contributed by atoms with van der Waals surface area (Å²) >= 11 is 0. The Balaban J connectivity index is 1.13. The molecule has 0 saturated heterocycles. The Morgan fingerprint density at radius 3 is 1.85 bits per heavy atom. The van der Waals surface area contributed by atoms with Crippen LogP contribution in [0.1, 0.15) is 43.2 Å². The van der Waals surface area contributed by atoms with E-state index < -0.39 is 0 Å². The van der Waals surface area contributed by atoms with Gasteiger partial charge in [-0.2, -0.15) is 0 Å². The van der Waals surface area contributed by atoms with E-state index in [1.807, 2.05) is 0 Å². The van der Waals surface area contributed by atoms with Crippen LogP contribution in [0.25, 0.3) is 38.6 Å². The summed E-state index contributed by atoms with van der Waals surface area (Å²) in [7, 11) is 0. The Kier molecular flexibility index (Phi) is 5.59. The number of hydrogen-bond acceptors (Lipinski definition) is 1. The zero-order valence-electron chi connectivity index (χ0n) is 27.1. The minimum absolute atomic E-state index is 0.144. The first kappa shape index (κ1) is 26.9. The summed E-state index contributed by atoms with van der Waals surface area (Å²) in [6.45, 7) is 0. The minimum Gasteiger partial charge on any atom is -0.310 e. The van der Waals surface area contributed by atoms with Crippen molar-refractivity contribution in [2.45, 2.75) is 37.5 Å². The third-order valence-corrected chi connectivity index (χ3v) is 12.7. The highest BCUT2D eigenvalue weighted by Crippen LogP contribution is 2.69. The molecule has 1 heterocycles. The summed E-state index contributed by atoms with van der Waals surface area (Å²) in [6, 6.07) is 54.6. The monoisotopic (exact) mass is 618 g/mol. The minimum atomic E-state index is 0.144. The Labute approximate surface area is 282 Å². The van der Waals surface area contributed by atoms with Crippen LogP contribution in [-0.2, 0) is 5.41 Å². The molecule has 1 aromatic heterocycles. The Hall–Kier alpha value is -5.08. The molecule has 0 atom stereocenters. The summed E-state index contributed by atoms with van der Waals surface area (Å²) in [5.74, 6) is 3.36. The van der Waals surface area contributed by atoms with E-state index in [1.165, 1.54) is 87.8 Å². The number of benzene rings is 6. The van der Waals surface area contributed by atoms with Gasteiger partial charge in [0, 0.05) is 38.9 Å². The fourth-order valence-electron chi connectivity index (χ4n) is 11.3. The molecule has 0 unspecified atom stereocenters. The standard InChI is InChI=1S/C46H38N2/c1-3-11-34(12-4-1)47(36-20-22-45-41(28-36)40-16-8-10-18-44(40)48(45)35-13-5-2-6-14-35)37-19-21-39-38-15-7-9-17-42(38)46(43(39)29-37)32-24-30-23-31(26-32)27-33(46)25-30/h1-22,28-33H,23-27H2. The SMILES string of the molecule is c1ccc(N(c2ccc3c(c2)C2(c4ccccc4-3)C3CC4CC(C3)CC2C4)c2ccc3c(c2)c2ccccc2n3-c2ccccc2)cc1. The second-order valence-corrected chi connectivity index (χ2v) is 15.0. The molecule has 2 nitrogen and oxygen atoms in total. The molecular formula is C46H38N2. The first-order valence-electron chi connectivity index (χ1n) is 18.0. The Morgan fingerprint density at radius 1 is 0.458 bits per heavy atom. The van der Waals surface area contributed by atoms with Gasteiger partial charge in [-0.1, -0.05) is 84.9 Å². The van der Waals surface area contributed by atoms with Crippen LogP contribution in [0, 0.1) is 23.7 Å². The smallest absolute Gasteiger partial charge is 0.0542 e. The van der Waals surface area contributed by atoms with E-state index in [9.17, 15) is 0 Å². The molecule has 0 aliphatic heterocycles. The van der Waals surface area contributed by atoms with E-state index in [0.717, 1.165) is 23.7 Å². The van der Waals surface area contributed by atoms with Crippen LogP contribution >= 0.6 is 0 Å². The summed E-state index contributed by atoms with van der Waals surface area (Å²) < 4.78 is 2.41. The highest BCUT2D eigenvalue weighted by atomic mass is 15.1. The lowest BCUT2D eigenvalue weighted by molar-refractivity contribution is -0.0399. The summed E-state index contributed by atoms with van der Waals surface area (Å²) in [6.07, 6.45) is 7.07. The number of nitrogens with zero attached hydrogens (tertiary/aromatic N) is 2. The molecule has 2 heteroatoms. The van der Waals surface area contributed by atoms with Gasteiger partial charge in [0.25, 0.3) is 0 Å². The molecule has 0 amide bonds. The number of hydrogen-bond donors (Lipinski definition) is 0. The number of aromatic nitrogens is 1. The number of rotatable bonds is 4. The van der Waals surface area contributed by atoms with Crippen LogP contribution in [-0.4, -0.2) is 4.57 Å². The lowest BCUT2D eigenvalue weighted by atomic mass is 9.43. The van der Waals surface area contributed by atoms with Crippen molar-refractivity contribution >= 4 is 38.9 Å². The maximum Gasteiger partial charge on any atom is 0.0542 e. The maximum absolute atomic E-state index is 2.61. The second kappa shape index (κ2) is 9.97. The van der Waals surface area contributed by atoms with Gasteiger partial charge in [0.15, 0.2) is 0 Å². The number of fused-ring (bicyclic) bond motifs is 6. The fourth-order valence-corrected chi connectivity index (χ4v) is 11.3. The molecule has 0 N–H and O–H groups in total. The fraction of sp³-hybridized carbons (Fsp3) is 0.217. The van der Waals surface area contributed by atoms with E-state index in [4.69, 9.17) is 0 Å². The molecule has 4 bridgehead atoms. The van der Waals surface area contributed by atoms with Crippen molar-refractivity contribution in [1.82, 2.24) is 4.57 Å². The molecule has 232 valence electrons. The van der Waals surface area contributed by atoms with Crippen LogP contribution < -0.4 is 4.90 Å². The quantitative estimate of drug-likeness (QED) is 0.190. The van der Waals surface area contributed by atoms with Crippen molar-refractivity contribution in [3.63, 3.8) is 0 Å². The normalized spacial score (nSPS) is 24.8. The zero-order chi connectivity index (χ0) is 31.4. The molecule has 12 rings (SSSR count). The first-order valence-corrected chi connectivity index (χ1v) is 18.0. The van der Waals surface area contributed by atoms with Crippen molar-refractivity contribution in [2.24, 2.45) is 23.7 Å². The van der Waals surface area contributed by atoms with Gasteiger partial charge in [-0.3, -0.25) is 0 Å². The van der Waals surface area contributed by atoms with Gasteiger partial charge in [-0.05, 0) is 139 Å². The van der Waals surface area contributed by atoms with E-state index >= 15 is 0 Å². The lowest BCUT2D eigenvalue weighted by Crippen LogP contribution is -2.55. The average molecular weight is 619 g/mol. The number of para-hydroxylation sites is 3. The van der Waals surface area contributed by atoms with Gasteiger partial charge in [-0.15, -0.1) is 0 Å². The Morgan fingerprint density at radius 2 is 1.06 bits per heavy atom. The van der Waals surface area contributed by atoms with Crippen LogP contribution in [0.5, 0.6) is 0 Å². The van der Waals surface area contributed by atoms with E-state index in [-0.39, 0.29) is 5.41 Å². The van der Waals surface area contributed by atoms with Crippen LogP contribution in [0.4, 0.5) is 17.1 Å². The molecule has 5 aliphatic carbocycles. The molecule has 48 heavy (non-hydrogen) atoms. The van der Waals surface area contributed by atoms with Gasteiger partial charge in [-0.25, -0.2) is 0 Å². The van der Waals surface area contributed by atoms with Crippen molar-refractivity contribution in [2.75, 3.05) is 4.90 Å². The van der Waals surface area contributed by atoms with Crippen molar-refractivity contribution in [3.8, 4) is 16.8 Å². The second-order valence-electron chi connectivity index (χ2n) is 15.0. The van der Waals surface area contributed by atoms with Crippen LogP contribution in [0.15, 0.2) is 146 Å². The molecule has 7 aromatic rings. The van der Waals surface area contributed by atoms with Crippen molar-refractivity contribution in [3.05, 3.63) is 157 Å². The van der Waals surface area contributed by atoms with Crippen LogP contribution in [0.3, 0.4) is 0 Å². The summed E-state index contributed by atoms with van der Waals surface area (Å²) in [5, 5.41) is 2.56. The predicted molar refractivity (Wildman–Crippen MR) is 199 cm³/mol. The molecule has 0 radical (unpaired) electrons. The molecule has 6 aromatic carbocycles. The predicted octanol–water partition coefficient (Wildman–Crippen LogP) is 12.0. The van der Waals surface area contributed by atoms with E-state index in [0.29, 0.717) is 0 Å². The van der Waals surface area contributed by atoms with Gasteiger partial charge in [0.05, 0.1) is 11.0 Å². The van der Waals surface area contributed by atoms with Gasteiger partial charge < -0.3 is 9.47 Å². The topological polar surface area (TPSA) is 8.17 Å². The van der Waals surface area contributed by atoms with Crippen molar-refractivity contribution in [1.29, 1.82) is 0 Å². The van der Waals surface area contributed by atoms with Gasteiger partial charge in [0.2, 0.25) is 0 Å². The third-order valence-electron chi connectivity index (χ3n) is 12.7. The highest BCUT2D eigenvalue weighted by molar-refractivity contribution is 6.10. The van der Waals surface area contributed by atoms with Gasteiger partial charge >= 0.3 is 0 Å². The molecule has 4 saturated carbocycles. The summed E-state index contributed by atoms with van der Waals surface area (Å²) in [5.41, 5.74) is 13.6. The Bertz CT molecular complexity index is 2340. The first-order chi connectivity index (χ1) is 23.8. The van der Waals surface area contributed by atoms with Gasteiger partial charge in [0.1, 0.15) is 0 Å². The van der Waals surface area contributed by atoms with Crippen molar-refractivity contribution < 1.29 is 0 Å².